The number of rotatable bonds is 3. The van der Waals surface area contributed by atoms with E-state index in [2.05, 4.69) is 10.1 Å². The molecule has 27 heavy (non-hydrogen) atoms. The van der Waals surface area contributed by atoms with Crippen molar-refractivity contribution in [3.8, 4) is 16.9 Å². The van der Waals surface area contributed by atoms with Crippen molar-refractivity contribution >= 4 is 11.6 Å². The van der Waals surface area contributed by atoms with E-state index in [0.717, 1.165) is 36.4 Å². The normalized spacial score (nSPS) is 17.3. The molecule has 2 aromatic heterocycles. The number of amides is 1. The van der Waals surface area contributed by atoms with Crippen molar-refractivity contribution in [2.45, 2.75) is 25.7 Å². The Labute approximate surface area is 156 Å². The Balaban J connectivity index is 1.68. The van der Waals surface area contributed by atoms with Crippen LogP contribution in [0.3, 0.4) is 0 Å². The molecule has 1 aliphatic rings. The molecule has 0 aliphatic carbocycles. The van der Waals surface area contributed by atoms with Gasteiger partial charge in [-0.3, -0.25) is 4.79 Å². The monoisotopic (exact) mass is 368 g/mol. The molecule has 1 saturated heterocycles. The Bertz CT molecular complexity index is 1000. The van der Waals surface area contributed by atoms with Crippen molar-refractivity contribution < 1.29 is 13.9 Å². The third kappa shape index (κ3) is 3.37. The van der Waals surface area contributed by atoms with E-state index in [-0.39, 0.29) is 17.6 Å². The maximum atomic E-state index is 13.7. The highest BCUT2D eigenvalue weighted by molar-refractivity contribution is 5.73. The number of fused-ring (bicyclic) bond motifs is 1. The molecule has 0 spiro atoms. The minimum atomic E-state index is -0.322. The first-order chi connectivity index (χ1) is 13.0. The minimum absolute atomic E-state index is 0.0870. The van der Waals surface area contributed by atoms with E-state index >= 15 is 0 Å². The molecule has 6 nitrogen and oxygen atoms in total. The molecule has 3 aromatic rings. The molecule has 140 valence electrons. The number of piperidine rings is 1. The Kier molecular flexibility index (Phi) is 4.51. The molecule has 1 amide bonds. The van der Waals surface area contributed by atoms with Crippen LogP contribution in [0.2, 0.25) is 0 Å². The SMILES string of the molecule is COc1ccc(F)cc1-c1ccc2nc(C3CCCN(C(C)=O)C3)nn2c1. The van der Waals surface area contributed by atoms with E-state index in [1.807, 2.05) is 23.2 Å². The average Bonchev–Trinajstić information content (AvgIpc) is 3.11. The first kappa shape index (κ1) is 17.5. The molecule has 1 atom stereocenters. The molecule has 1 aliphatic heterocycles. The number of carbonyl (C=O) groups is 1. The molecule has 1 fully saturated rings. The third-order valence-corrected chi connectivity index (χ3v) is 5.05. The van der Waals surface area contributed by atoms with Gasteiger partial charge in [-0.15, -0.1) is 0 Å². The summed E-state index contributed by atoms with van der Waals surface area (Å²) in [6.45, 7) is 3.04. The zero-order valence-electron chi connectivity index (χ0n) is 15.4. The van der Waals surface area contributed by atoms with Crippen molar-refractivity contribution in [2.24, 2.45) is 0 Å². The number of likely N-dealkylation sites (tertiary alicyclic amines) is 1. The lowest BCUT2D eigenvalue weighted by atomic mass is 9.97. The van der Waals surface area contributed by atoms with Gasteiger partial charge in [0.1, 0.15) is 11.6 Å². The van der Waals surface area contributed by atoms with Crippen LogP contribution >= 0.6 is 0 Å². The lowest BCUT2D eigenvalue weighted by Gasteiger charge is -2.30. The fraction of sp³-hybridized carbons (Fsp3) is 0.350. The Morgan fingerprint density at radius 1 is 1.30 bits per heavy atom. The van der Waals surface area contributed by atoms with E-state index in [4.69, 9.17) is 4.74 Å². The van der Waals surface area contributed by atoms with Gasteiger partial charge in [0.15, 0.2) is 11.5 Å². The fourth-order valence-corrected chi connectivity index (χ4v) is 3.61. The summed E-state index contributed by atoms with van der Waals surface area (Å²) in [6, 6.07) is 8.18. The summed E-state index contributed by atoms with van der Waals surface area (Å²) >= 11 is 0. The number of hydrogen-bond acceptors (Lipinski definition) is 4. The largest absolute Gasteiger partial charge is 0.496 e. The Morgan fingerprint density at radius 2 is 2.15 bits per heavy atom. The minimum Gasteiger partial charge on any atom is -0.496 e. The first-order valence-corrected chi connectivity index (χ1v) is 9.01. The highest BCUT2D eigenvalue weighted by Crippen LogP contribution is 2.31. The zero-order valence-corrected chi connectivity index (χ0v) is 15.4. The predicted molar refractivity (Wildman–Crippen MR) is 99.2 cm³/mol. The summed E-state index contributed by atoms with van der Waals surface area (Å²) in [6.07, 6.45) is 3.74. The van der Waals surface area contributed by atoms with Crippen LogP contribution in [0.25, 0.3) is 16.8 Å². The number of halogens is 1. The van der Waals surface area contributed by atoms with E-state index in [0.29, 0.717) is 17.9 Å². The second-order valence-electron chi connectivity index (χ2n) is 6.84. The summed E-state index contributed by atoms with van der Waals surface area (Å²) < 4.78 is 20.8. The number of pyridine rings is 1. The van der Waals surface area contributed by atoms with Gasteiger partial charge in [0.2, 0.25) is 5.91 Å². The standard InChI is InChI=1S/C20H21FN4O2/c1-13(26)24-9-3-4-15(11-24)20-22-19-8-5-14(12-25(19)23-20)17-10-16(21)6-7-18(17)27-2/h5-8,10,12,15H,3-4,9,11H2,1-2H3. The number of benzene rings is 1. The molecular formula is C20H21FN4O2. The number of nitrogens with zero attached hydrogens (tertiary/aromatic N) is 4. The van der Waals surface area contributed by atoms with Crippen molar-refractivity contribution in [1.82, 2.24) is 19.5 Å². The molecular weight excluding hydrogens is 347 g/mol. The highest BCUT2D eigenvalue weighted by atomic mass is 19.1. The maximum Gasteiger partial charge on any atom is 0.219 e. The maximum absolute atomic E-state index is 13.7. The molecule has 1 aromatic carbocycles. The quantitative estimate of drug-likeness (QED) is 0.712. The summed E-state index contributed by atoms with van der Waals surface area (Å²) in [5.74, 6) is 1.24. The lowest BCUT2D eigenvalue weighted by Crippen LogP contribution is -2.37. The summed E-state index contributed by atoms with van der Waals surface area (Å²) in [5, 5.41) is 4.63. The smallest absolute Gasteiger partial charge is 0.219 e. The number of methoxy groups -OCH3 is 1. The van der Waals surface area contributed by atoms with Gasteiger partial charge in [0.25, 0.3) is 0 Å². The molecule has 7 heteroatoms. The van der Waals surface area contributed by atoms with Gasteiger partial charge in [-0.05, 0) is 43.2 Å². The van der Waals surface area contributed by atoms with Gasteiger partial charge in [-0.2, -0.15) is 5.10 Å². The van der Waals surface area contributed by atoms with Gasteiger partial charge >= 0.3 is 0 Å². The number of carbonyl (C=O) groups excluding carboxylic acids is 1. The van der Waals surface area contributed by atoms with E-state index < -0.39 is 0 Å². The van der Waals surface area contributed by atoms with Gasteiger partial charge < -0.3 is 9.64 Å². The topological polar surface area (TPSA) is 59.7 Å². The molecule has 4 rings (SSSR count). The first-order valence-electron chi connectivity index (χ1n) is 9.01. The van der Waals surface area contributed by atoms with Crippen molar-refractivity contribution in [3.05, 3.63) is 48.2 Å². The predicted octanol–water partition coefficient (Wildman–Crippen LogP) is 3.27. The zero-order chi connectivity index (χ0) is 19.0. The fourth-order valence-electron chi connectivity index (χ4n) is 3.61. The molecule has 1 unspecified atom stereocenters. The Hall–Kier alpha value is -2.96. The molecule has 3 heterocycles. The van der Waals surface area contributed by atoms with Gasteiger partial charge in [0.05, 0.1) is 7.11 Å². The van der Waals surface area contributed by atoms with Gasteiger partial charge in [0, 0.05) is 43.3 Å². The van der Waals surface area contributed by atoms with Crippen LogP contribution in [0.15, 0.2) is 36.5 Å². The van der Waals surface area contributed by atoms with E-state index in [1.54, 1.807) is 24.6 Å². The van der Waals surface area contributed by atoms with Crippen molar-refractivity contribution in [1.29, 1.82) is 0 Å². The molecule has 0 saturated carbocycles. The van der Waals surface area contributed by atoms with Crippen LogP contribution in [0, 0.1) is 5.82 Å². The van der Waals surface area contributed by atoms with Gasteiger partial charge in [-0.25, -0.2) is 13.9 Å². The Morgan fingerprint density at radius 3 is 2.93 bits per heavy atom. The summed E-state index contributed by atoms with van der Waals surface area (Å²) in [4.78, 5) is 18.2. The van der Waals surface area contributed by atoms with Crippen LogP contribution in [0.1, 0.15) is 31.5 Å². The van der Waals surface area contributed by atoms with Crippen LogP contribution in [-0.2, 0) is 4.79 Å². The third-order valence-electron chi connectivity index (χ3n) is 5.05. The van der Waals surface area contributed by atoms with Crippen molar-refractivity contribution in [2.75, 3.05) is 20.2 Å². The molecule has 0 bridgehead atoms. The van der Waals surface area contributed by atoms with Crippen LogP contribution in [0.5, 0.6) is 5.75 Å². The van der Waals surface area contributed by atoms with Crippen LogP contribution in [-0.4, -0.2) is 45.6 Å². The number of aromatic nitrogens is 3. The van der Waals surface area contributed by atoms with E-state index in [1.165, 1.54) is 12.1 Å². The van der Waals surface area contributed by atoms with Crippen molar-refractivity contribution in [3.63, 3.8) is 0 Å². The average molecular weight is 368 g/mol. The number of ether oxygens (including phenoxy) is 1. The van der Waals surface area contributed by atoms with Crippen LogP contribution in [0.4, 0.5) is 4.39 Å². The summed E-state index contributed by atoms with van der Waals surface area (Å²) in [5.41, 5.74) is 2.19. The van der Waals surface area contributed by atoms with E-state index in [9.17, 15) is 9.18 Å². The molecule has 0 N–H and O–H groups in total. The second kappa shape index (κ2) is 6.98. The highest BCUT2D eigenvalue weighted by Gasteiger charge is 2.26. The van der Waals surface area contributed by atoms with Gasteiger partial charge in [-0.1, -0.05) is 0 Å². The second-order valence-corrected chi connectivity index (χ2v) is 6.84. The number of hydrogen-bond donors (Lipinski definition) is 0. The lowest BCUT2D eigenvalue weighted by molar-refractivity contribution is -0.130. The van der Waals surface area contributed by atoms with Crippen LogP contribution < -0.4 is 4.74 Å². The summed E-state index contributed by atoms with van der Waals surface area (Å²) in [7, 11) is 1.56. The molecule has 0 radical (unpaired) electrons.